The molecule has 3 aromatic rings. The third kappa shape index (κ3) is 3.94. The SMILES string of the molecule is COc1ccc(O[C@H]2C(=O)N(CCc3ccc(Cl)cc3)[C@@H]2c2ccc3c(c2)OCO3)cc1. The van der Waals surface area contributed by atoms with E-state index in [4.69, 9.17) is 30.5 Å². The smallest absolute Gasteiger partial charge is 0.266 e. The minimum atomic E-state index is -0.617. The summed E-state index contributed by atoms with van der Waals surface area (Å²) in [5.41, 5.74) is 2.06. The van der Waals surface area contributed by atoms with Gasteiger partial charge in [-0.1, -0.05) is 29.8 Å². The Morgan fingerprint density at radius 1 is 0.969 bits per heavy atom. The summed E-state index contributed by atoms with van der Waals surface area (Å²) in [7, 11) is 1.61. The molecular formula is C25H22ClNO5. The van der Waals surface area contributed by atoms with Crippen LogP contribution in [-0.4, -0.2) is 37.4 Å². The standard InChI is InChI=1S/C25H22ClNO5/c1-29-19-7-9-20(10-8-19)32-24-23(17-4-11-21-22(14-17)31-15-30-21)27(25(24)28)13-12-16-2-5-18(26)6-3-16/h2-11,14,23-24H,12-13,15H2,1H3/t23-,24-/m1/s1. The molecule has 0 N–H and O–H groups in total. The molecule has 6 nitrogen and oxygen atoms in total. The van der Waals surface area contributed by atoms with E-state index in [1.165, 1.54) is 0 Å². The maximum absolute atomic E-state index is 13.1. The van der Waals surface area contributed by atoms with Gasteiger partial charge in [0.15, 0.2) is 11.5 Å². The number of carbonyl (C=O) groups is 1. The highest BCUT2D eigenvalue weighted by Crippen LogP contribution is 2.42. The molecule has 2 atom stereocenters. The molecular weight excluding hydrogens is 430 g/mol. The van der Waals surface area contributed by atoms with E-state index in [1.54, 1.807) is 19.2 Å². The van der Waals surface area contributed by atoms with Crippen LogP contribution in [0.3, 0.4) is 0 Å². The number of methoxy groups -OCH3 is 1. The zero-order chi connectivity index (χ0) is 22.1. The topological polar surface area (TPSA) is 57.2 Å². The van der Waals surface area contributed by atoms with Gasteiger partial charge in [0.1, 0.15) is 17.5 Å². The van der Waals surface area contributed by atoms with Gasteiger partial charge in [0.2, 0.25) is 12.9 Å². The summed E-state index contributed by atoms with van der Waals surface area (Å²) in [5, 5.41) is 0.694. The summed E-state index contributed by atoms with van der Waals surface area (Å²) in [6.45, 7) is 0.774. The molecule has 0 spiro atoms. The number of hydrogen-bond acceptors (Lipinski definition) is 5. The summed E-state index contributed by atoms with van der Waals surface area (Å²) in [6.07, 6.45) is 0.105. The number of nitrogens with zero attached hydrogens (tertiary/aromatic N) is 1. The molecule has 32 heavy (non-hydrogen) atoms. The average molecular weight is 452 g/mol. The van der Waals surface area contributed by atoms with Gasteiger partial charge in [0.05, 0.1) is 7.11 Å². The van der Waals surface area contributed by atoms with Crippen LogP contribution in [0, 0.1) is 0 Å². The van der Waals surface area contributed by atoms with Gasteiger partial charge < -0.3 is 23.8 Å². The van der Waals surface area contributed by atoms with Gasteiger partial charge in [-0.05, 0) is 66.1 Å². The summed E-state index contributed by atoms with van der Waals surface area (Å²) >= 11 is 5.99. The van der Waals surface area contributed by atoms with E-state index in [0.717, 1.165) is 23.3 Å². The zero-order valence-corrected chi connectivity index (χ0v) is 18.2. The molecule has 2 heterocycles. The first kappa shape index (κ1) is 20.5. The number of rotatable bonds is 7. The molecule has 5 rings (SSSR count). The van der Waals surface area contributed by atoms with Crippen LogP contribution < -0.4 is 18.9 Å². The second-order valence-corrected chi connectivity index (χ2v) is 8.12. The van der Waals surface area contributed by atoms with Crippen molar-refractivity contribution in [2.75, 3.05) is 20.4 Å². The van der Waals surface area contributed by atoms with Crippen molar-refractivity contribution in [3.05, 3.63) is 82.9 Å². The fourth-order valence-electron chi connectivity index (χ4n) is 4.03. The van der Waals surface area contributed by atoms with Crippen molar-refractivity contribution in [2.45, 2.75) is 18.6 Å². The first-order valence-corrected chi connectivity index (χ1v) is 10.8. The van der Waals surface area contributed by atoms with Crippen molar-refractivity contribution in [1.29, 1.82) is 0 Å². The number of benzene rings is 3. The lowest BCUT2D eigenvalue weighted by atomic mass is 9.89. The normalized spacial score (nSPS) is 18.9. The predicted octanol–water partition coefficient (Wildman–Crippen LogP) is 4.65. The van der Waals surface area contributed by atoms with Gasteiger partial charge in [-0.15, -0.1) is 0 Å². The summed E-state index contributed by atoms with van der Waals surface area (Å²) in [4.78, 5) is 14.9. The fraction of sp³-hybridized carbons (Fsp3) is 0.240. The van der Waals surface area contributed by atoms with Crippen LogP contribution in [0.1, 0.15) is 17.2 Å². The molecule has 2 aliphatic heterocycles. The van der Waals surface area contributed by atoms with Crippen molar-refractivity contribution in [1.82, 2.24) is 4.90 Å². The lowest BCUT2D eigenvalue weighted by molar-refractivity contribution is -0.164. The van der Waals surface area contributed by atoms with Crippen LogP contribution in [0.15, 0.2) is 66.7 Å². The molecule has 0 saturated carbocycles. The Labute approximate surface area is 191 Å². The van der Waals surface area contributed by atoms with E-state index >= 15 is 0 Å². The average Bonchev–Trinajstić information content (AvgIpc) is 3.29. The molecule has 1 saturated heterocycles. The predicted molar refractivity (Wildman–Crippen MR) is 120 cm³/mol. The number of likely N-dealkylation sites (tertiary alicyclic amines) is 1. The van der Waals surface area contributed by atoms with Crippen LogP contribution in [-0.2, 0) is 11.2 Å². The van der Waals surface area contributed by atoms with Crippen LogP contribution in [0.5, 0.6) is 23.0 Å². The highest BCUT2D eigenvalue weighted by molar-refractivity contribution is 6.30. The van der Waals surface area contributed by atoms with Gasteiger partial charge in [-0.2, -0.15) is 0 Å². The zero-order valence-electron chi connectivity index (χ0n) is 17.5. The first-order chi connectivity index (χ1) is 15.6. The molecule has 0 aromatic heterocycles. The van der Waals surface area contributed by atoms with E-state index in [2.05, 4.69) is 0 Å². The van der Waals surface area contributed by atoms with Gasteiger partial charge in [0, 0.05) is 11.6 Å². The number of hydrogen-bond donors (Lipinski definition) is 0. The second kappa shape index (κ2) is 8.63. The van der Waals surface area contributed by atoms with Gasteiger partial charge in [0.25, 0.3) is 5.91 Å². The van der Waals surface area contributed by atoms with Crippen LogP contribution in [0.2, 0.25) is 5.02 Å². The van der Waals surface area contributed by atoms with Crippen LogP contribution in [0.4, 0.5) is 0 Å². The number of ether oxygens (including phenoxy) is 4. The van der Waals surface area contributed by atoms with Gasteiger partial charge >= 0.3 is 0 Å². The Kier molecular flexibility index (Phi) is 5.53. The molecule has 1 amide bonds. The number of carbonyl (C=O) groups excluding carboxylic acids is 1. The van der Waals surface area contributed by atoms with Gasteiger partial charge in [-0.25, -0.2) is 0 Å². The maximum atomic E-state index is 13.1. The van der Waals surface area contributed by atoms with E-state index in [1.807, 2.05) is 59.5 Å². The van der Waals surface area contributed by atoms with Crippen LogP contribution >= 0.6 is 11.6 Å². The lowest BCUT2D eigenvalue weighted by Crippen LogP contribution is -2.61. The van der Waals surface area contributed by atoms with Crippen molar-refractivity contribution in [3.8, 4) is 23.0 Å². The summed E-state index contributed by atoms with van der Waals surface area (Å²) in [5.74, 6) is 2.70. The molecule has 7 heteroatoms. The van der Waals surface area contributed by atoms with Crippen molar-refractivity contribution in [2.24, 2.45) is 0 Å². The first-order valence-electron chi connectivity index (χ1n) is 10.4. The minimum absolute atomic E-state index is 0.0440. The van der Waals surface area contributed by atoms with Crippen molar-refractivity contribution >= 4 is 17.5 Å². The van der Waals surface area contributed by atoms with Gasteiger partial charge in [-0.3, -0.25) is 4.79 Å². The Morgan fingerprint density at radius 3 is 2.44 bits per heavy atom. The largest absolute Gasteiger partial charge is 0.497 e. The Morgan fingerprint density at radius 2 is 1.69 bits per heavy atom. The number of β-lactam (4-membered cyclic amide) rings is 1. The summed E-state index contributed by atoms with van der Waals surface area (Å²) < 4.78 is 22.3. The van der Waals surface area contributed by atoms with E-state index in [0.29, 0.717) is 28.8 Å². The second-order valence-electron chi connectivity index (χ2n) is 7.68. The molecule has 0 radical (unpaired) electrons. The van der Waals surface area contributed by atoms with Crippen molar-refractivity contribution < 1.29 is 23.7 Å². The lowest BCUT2D eigenvalue weighted by Gasteiger charge is -2.47. The van der Waals surface area contributed by atoms with E-state index in [-0.39, 0.29) is 18.7 Å². The third-order valence-corrected chi connectivity index (χ3v) is 6.02. The molecule has 0 bridgehead atoms. The van der Waals surface area contributed by atoms with Crippen molar-refractivity contribution in [3.63, 3.8) is 0 Å². The van der Waals surface area contributed by atoms with E-state index < -0.39 is 6.10 Å². The fourth-order valence-corrected chi connectivity index (χ4v) is 4.16. The molecule has 1 fully saturated rings. The molecule has 2 aliphatic rings. The highest BCUT2D eigenvalue weighted by atomic mass is 35.5. The maximum Gasteiger partial charge on any atom is 0.266 e. The van der Waals surface area contributed by atoms with Crippen LogP contribution in [0.25, 0.3) is 0 Å². The minimum Gasteiger partial charge on any atom is -0.497 e. The summed E-state index contributed by atoms with van der Waals surface area (Å²) in [6, 6.07) is 20.5. The monoisotopic (exact) mass is 451 g/mol. The molecule has 164 valence electrons. The number of amides is 1. The van der Waals surface area contributed by atoms with E-state index in [9.17, 15) is 4.79 Å². The Bertz CT molecular complexity index is 1120. The Balaban J connectivity index is 1.38. The quantitative estimate of drug-likeness (QED) is 0.489. The molecule has 3 aromatic carbocycles. The molecule has 0 unspecified atom stereocenters. The third-order valence-electron chi connectivity index (χ3n) is 5.76. The number of halogens is 1. The highest BCUT2D eigenvalue weighted by Gasteiger charge is 2.50. The number of fused-ring (bicyclic) bond motifs is 1. The Hall–Kier alpha value is -3.38. The molecule has 0 aliphatic carbocycles.